The molecule has 4 aromatic rings. The molecule has 3 N–H and O–H groups in total. The van der Waals surface area contributed by atoms with Crippen molar-refractivity contribution in [1.29, 1.82) is 0 Å². The lowest BCUT2D eigenvalue weighted by Crippen LogP contribution is -2.40. The first-order valence-corrected chi connectivity index (χ1v) is 18.9. The molecule has 1 aliphatic heterocycles. The molecule has 0 unspecified atom stereocenters. The van der Waals surface area contributed by atoms with Crippen molar-refractivity contribution >= 4 is 40.9 Å². The standard InChI is InChI=1S/C41H44F2N4O7S/c1-22-17-24(21-44-39(51)54-40(3,4)5)18-23(2)33(22)47-36(48)29-19-30-32(53-15-11-25-12-16-55-35(25)30)20-28(29)27-7-8-31(46-34(27)38(50)52-6)37(49)45-26-9-13-41(42,43)14-10-26/h7-8,12,16-20,26H,9-11,13-15,21H2,1-6H3,(H,44,51)(H,45,49)(H,47,48). The van der Waals surface area contributed by atoms with Crippen LogP contribution in [0.3, 0.4) is 0 Å². The van der Waals surface area contributed by atoms with Gasteiger partial charge in [0.25, 0.3) is 11.8 Å². The third kappa shape index (κ3) is 9.13. The van der Waals surface area contributed by atoms with Gasteiger partial charge in [0.05, 0.1) is 13.7 Å². The molecule has 0 atom stereocenters. The highest BCUT2D eigenvalue weighted by molar-refractivity contribution is 7.13. The van der Waals surface area contributed by atoms with E-state index in [0.29, 0.717) is 30.0 Å². The lowest BCUT2D eigenvalue weighted by atomic mass is 9.92. The Labute approximate surface area is 322 Å². The van der Waals surface area contributed by atoms with Crippen molar-refractivity contribution in [3.8, 4) is 27.3 Å². The summed E-state index contributed by atoms with van der Waals surface area (Å²) < 4.78 is 44.1. The predicted molar refractivity (Wildman–Crippen MR) is 205 cm³/mol. The third-order valence-corrected chi connectivity index (χ3v) is 10.5. The molecule has 2 aromatic carbocycles. The topological polar surface area (TPSA) is 145 Å². The Kier molecular flexibility index (Phi) is 11.3. The molecule has 55 heavy (non-hydrogen) atoms. The van der Waals surface area contributed by atoms with E-state index in [9.17, 15) is 28.0 Å². The average molecular weight is 775 g/mol. The van der Waals surface area contributed by atoms with Gasteiger partial charge < -0.3 is 30.2 Å². The molecule has 0 saturated heterocycles. The number of fused-ring (bicyclic) bond motifs is 3. The van der Waals surface area contributed by atoms with Gasteiger partial charge in [-0.15, -0.1) is 11.3 Å². The summed E-state index contributed by atoms with van der Waals surface area (Å²) in [5, 5.41) is 10.6. The summed E-state index contributed by atoms with van der Waals surface area (Å²) in [5.74, 6) is -4.18. The number of ether oxygens (including phenoxy) is 3. The number of carbonyl (C=O) groups excluding carboxylic acids is 4. The average Bonchev–Trinajstić information content (AvgIpc) is 3.52. The van der Waals surface area contributed by atoms with Gasteiger partial charge in [-0.1, -0.05) is 12.1 Å². The van der Waals surface area contributed by atoms with E-state index < -0.39 is 41.4 Å². The number of pyridine rings is 1. The van der Waals surface area contributed by atoms with Gasteiger partial charge in [0.15, 0.2) is 5.69 Å². The highest BCUT2D eigenvalue weighted by Gasteiger charge is 2.36. The number of benzene rings is 2. The van der Waals surface area contributed by atoms with Crippen LogP contribution in [0.15, 0.2) is 47.8 Å². The minimum atomic E-state index is -2.76. The molecular formula is C41H44F2N4O7S. The van der Waals surface area contributed by atoms with Crippen molar-refractivity contribution in [2.45, 2.75) is 90.8 Å². The van der Waals surface area contributed by atoms with E-state index in [1.54, 1.807) is 32.9 Å². The molecule has 11 nitrogen and oxygen atoms in total. The molecule has 0 bridgehead atoms. The molecule has 0 spiro atoms. The number of aromatic nitrogens is 1. The maximum atomic E-state index is 14.5. The first kappa shape index (κ1) is 39.3. The molecule has 3 heterocycles. The van der Waals surface area contributed by atoms with Crippen LogP contribution in [0, 0.1) is 13.8 Å². The van der Waals surface area contributed by atoms with Crippen molar-refractivity contribution in [3.63, 3.8) is 0 Å². The number of esters is 1. The van der Waals surface area contributed by atoms with Crippen molar-refractivity contribution < 1.29 is 42.2 Å². The number of nitrogens with zero attached hydrogens (tertiary/aromatic N) is 1. The van der Waals surface area contributed by atoms with Crippen LogP contribution in [-0.4, -0.2) is 60.1 Å². The first-order chi connectivity index (χ1) is 26.0. The van der Waals surface area contributed by atoms with Crippen molar-refractivity contribution in [2.24, 2.45) is 0 Å². The van der Waals surface area contributed by atoms with E-state index in [-0.39, 0.29) is 54.7 Å². The Morgan fingerprint density at radius 1 is 0.964 bits per heavy atom. The van der Waals surface area contributed by atoms with Crippen LogP contribution < -0.4 is 20.7 Å². The van der Waals surface area contributed by atoms with Crippen LogP contribution in [0.5, 0.6) is 5.75 Å². The van der Waals surface area contributed by atoms with E-state index in [1.165, 1.54) is 30.6 Å². The highest BCUT2D eigenvalue weighted by atomic mass is 32.1. The minimum Gasteiger partial charge on any atom is -0.493 e. The van der Waals surface area contributed by atoms with Crippen molar-refractivity contribution in [2.75, 3.05) is 19.0 Å². The van der Waals surface area contributed by atoms with Crippen molar-refractivity contribution in [3.05, 3.63) is 87.0 Å². The smallest absolute Gasteiger partial charge is 0.407 e. The molecule has 6 rings (SSSR count). The van der Waals surface area contributed by atoms with E-state index in [0.717, 1.165) is 32.7 Å². The van der Waals surface area contributed by atoms with Gasteiger partial charge in [-0.05, 0) is 105 Å². The van der Waals surface area contributed by atoms with E-state index in [1.807, 2.05) is 37.4 Å². The lowest BCUT2D eigenvalue weighted by Gasteiger charge is -2.28. The molecule has 14 heteroatoms. The Morgan fingerprint density at radius 2 is 1.67 bits per heavy atom. The Balaban J connectivity index is 1.37. The van der Waals surface area contributed by atoms with Gasteiger partial charge in [-0.2, -0.15) is 0 Å². The highest BCUT2D eigenvalue weighted by Crippen LogP contribution is 2.43. The summed E-state index contributed by atoms with van der Waals surface area (Å²) in [6.45, 7) is 9.67. The van der Waals surface area contributed by atoms with Gasteiger partial charge in [-0.3, -0.25) is 9.59 Å². The van der Waals surface area contributed by atoms with Crippen molar-refractivity contribution in [1.82, 2.24) is 15.6 Å². The number of alkyl halides is 2. The Bertz CT molecular complexity index is 2130. The van der Waals surface area contributed by atoms with Crippen LogP contribution in [0.25, 0.3) is 21.6 Å². The summed E-state index contributed by atoms with van der Waals surface area (Å²) in [7, 11) is 1.19. The molecule has 1 fully saturated rings. The number of rotatable bonds is 8. The molecule has 2 aromatic heterocycles. The second-order valence-electron chi connectivity index (χ2n) is 14.9. The van der Waals surface area contributed by atoms with E-state index in [4.69, 9.17) is 14.2 Å². The van der Waals surface area contributed by atoms with Gasteiger partial charge in [0.2, 0.25) is 5.92 Å². The first-order valence-electron chi connectivity index (χ1n) is 18.1. The predicted octanol–water partition coefficient (Wildman–Crippen LogP) is 8.40. The number of alkyl carbamates (subject to hydrolysis) is 1. The number of hydrogen-bond acceptors (Lipinski definition) is 9. The second kappa shape index (κ2) is 15.8. The maximum absolute atomic E-state index is 14.5. The van der Waals surface area contributed by atoms with Gasteiger partial charge >= 0.3 is 12.1 Å². The zero-order valence-corrected chi connectivity index (χ0v) is 32.4. The number of nitrogens with one attached hydrogen (secondary N) is 3. The molecule has 3 amide bonds. The second-order valence-corrected chi connectivity index (χ2v) is 15.8. The number of hydrogen-bond donors (Lipinski definition) is 3. The fraction of sp³-hybridized carbons (Fsp3) is 0.390. The fourth-order valence-corrected chi connectivity index (χ4v) is 7.82. The zero-order valence-electron chi connectivity index (χ0n) is 31.6. The fourth-order valence-electron chi connectivity index (χ4n) is 6.85. The van der Waals surface area contributed by atoms with Crippen LogP contribution in [-0.2, 0) is 22.4 Å². The number of carbonyl (C=O) groups is 4. The van der Waals surface area contributed by atoms with Crippen LogP contribution in [0.4, 0.5) is 19.3 Å². The number of methoxy groups -OCH3 is 1. The number of halogens is 2. The van der Waals surface area contributed by atoms with Crippen LogP contribution >= 0.6 is 11.3 Å². The van der Waals surface area contributed by atoms with Gasteiger partial charge in [0, 0.05) is 64.7 Å². The monoisotopic (exact) mass is 774 g/mol. The number of amides is 3. The Hall–Kier alpha value is -5.37. The van der Waals surface area contributed by atoms with Gasteiger partial charge in [-0.25, -0.2) is 23.4 Å². The number of anilines is 1. The van der Waals surface area contributed by atoms with Crippen LogP contribution in [0.2, 0.25) is 0 Å². The zero-order chi connectivity index (χ0) is 39.7. The summed E-state index contributed by atoms with van der Waals surface area (Å²) in [6, 6.07) is 11.7. The van der Waals surface area contributed by atoms with E-state index in [2.05, 4.69) is 20.9 Å². The molecule has 1 saturated carbocycles. The minimum absolute atomic E-state index is 0.103. The van der Waals surface area contributed by atoms with Gasteiger partial charge in [0.1, 0.15) is 17.0 Å². The maximum Gasteiger partial charge on any atom is 0.407 e. The molecule has 2 aliphatic rings. The quantitative estimate of drug-likeness (QED) is 0.152. The summed E-state index contributed by atoms with van der Waals surface area (Å²) in [6.07, 6.45) is -0.306. The van der Waals surface area contributed by atoms with E-state index >= 15 is 0 Å². The summed E-state index contributed by atoms with van der Waals surface area (Å²) >= 11 is 1.53. The third-order valence-electron chi connectivity index (χ3n) is 9.50. The molecule has 0 radical (unpaired) electrons. The summed E-state index contributed by atoms with van der Waals surface area (Å²) in [5.41, 5.74) is 4.49. The Morgan fingerprint density at radius 3 is 2.35 bits per heavy atom. The number of aryl methyl sites for hydroxylation is 2. The molecular weight excluding hydrogens is 731 g/mol. The molecule has 290 valence electrons. The molecule has 1 aliphatic carbocycles. The lowest BCUT2D eigenvalue weighted by molar-refractivity contribution is -0.0399. The van der Waals surface area contributed by atoms with Crippen LogP contribution in [0.1, 0.15) is 100 Å². The number of thiophene rings is 1. The summed E-state index contributed by atoms with van der Waals surface area (Å²) in [4.78, 5) is 58.7. The largest absolute Gasteiger partial charge is 0.493 e. The normalized spacial score (nSPS) is 15.1. The SMILES string of the molecule is COC(=O)c1nc(C(=O)NC2CCC(F)(F)CC2)ccc1-c1cc2c(cc1C(=O)Nc1c(C)cc(CNC(=O)OC(C)(C)C)cc1C)-c1sccc1CCO2.